The second-order valence-corrected chi connectivity index (χ2v) is 6.45. The SMILES string of the molecule is CCCCCCC(=O)C(=O)C(C(=O)O)C(O)C[N+](C)(C)C. The van der Waals surface area contributed by atoms with Crippen LogP contribution in [0.4, 0.5) is 0 Å². The van der Waals surface area contributed by atoms with E-state index < -0.39 is 29.6 Å². The molecule has 0 radical (unpaired) electrons. The largest absolute Gasteiger partial charge is 0.481 e. The molecule has 6 heteroatoms. The van der Waals surface area contributed by atoms with Gasteiger partial charge in [0.1, 0.15) is 12.6 Å². The molecule has 0 bridgehead atoms. The second kappa shape index (κ2) is 8.89. The average Bonchev–Trinajstić information content (AvgIpc) is 2.31. The van der Waals surface area contributed by atoms with E-state index in [1.165, 1.54) is 0 Å². The van der Waals surface area contributed by atoms with Crippen LogP contribution in [-0.2, 0) is 14.4 Å². The van der Waals surface area contributed by atoms with Crippen molar-refractivity contribution in [1.29, 1.82) is 0 Å². The maximum absolute atomic E-state index is 12.0. The summed E-state index contributed by atoms with van der Waals surface area (Å²) in [5, 5.41) is 19.1. The lowest BCUT2D eigenvalue weighted by Crippen LogP contribution is -2.49. The first kappa shape index (κ1) is 19.7. The third kappa shape index (κ3) is 7.92. The smallest absolute Gasteiger partial charge is 0.317 e. The number of carboxylic acid groups (broad SMARTS) is 1. The lowest BCUT2D eigenvalue weighted by Gasteiger charge is -2.28. The molecule has 0 saturated carbocycles. The molecule has 0 saturated heterocycles. The zero-order valence-electron chi connectivity index (χ0n) is 13.5. The van der Waals surface area contributed by atoms with Gasteiger partial charge >= 0.3 is 5.97 Å². The van der Waals surface area contributed by atoms with Crippen molar-refractivity contribution in [3.05, 3.63) is 0 Å². The Balaban J connectivity index is 4.69. The number of aliphatic carboxylic acids is 1. The summed E-state index contributed by atoms with van der Waals surface area (Å²) < 4.78 is 0.308. The Labute approximate surface area is 126 Å². The van der Waals surface area contributed by atoms with Gasteiger partial charge in [-0.25, -0.2) is 0 Å². The molecule has 122 valence electrons. The summed E-state index contributed by atoms with van der Waals surface area (Å²) in [6, 6.07) is 0. The normalized spacial score (nSPS) is 14.5. The number of rotatable bonds is 11. The Bertz CT molecular complexity index is 373. The van der Waals surface area contributed by atoms with Gasteiger partial charge in [-0.15, -0.1) is 0 Å². The van der Waals surface area contributed by atoms with Crippen LogP contribution in [0.25, 0.3) is 0 Å². The molecule has 2 unspecified atom stereocenters. The van der Waals surface area contributed by atoms with E-state index in [1.807, 2.05) is 6.92 Å². The van der Waals surface area contributed by atoms with Crippen molar-refractivity contribution in [1.82, 2.24) is 0 Å². The van der Waals surface area contributed by atoms with Gasteiger partial charge in [0.2, 0.25) is 5.78 Å². The van der Waals surface area contributed by atoms with Crippen LogP contribution in [0.15, 0.2) is 0 Å². The number of carbonyl (C=O) groups is 3. The Hall–Kier alpha value is -1.27. The van der Waals surface area contributed by atoms with Crippen molar-refractivity contribution in [2.45, 2.75) is 45.1 Å². The monoisotopic (exact) mass is 302 g/mol. The standard InChI is InChI=1S/C15H27NO5/c1-5-6-7-8-9-11(17)14(19)13(15(20)21)12(18)10-16(2,3)4/h12-13,18H,5-10H2,1-4H3/p+1. The van der Waals surface area contributed by atoms with Gasteiger partial charge in [-0.3, -0.25) is 14.4 Å². The third-order valence-corrected chi connectivity index (χ3v) is 3.20. The van der Waals surface area contributed by atoms with Crippen LogP contribution in [0.3, 0.4) is 0 Å². The highest BCUT2D eigenvalue weighted by Gasteiger charge is 2.39. The van der Waals surface area contributed by atoms with Crippen LogP contribution in [0.2, 0.25) is 0 Å². The molecular weight excluding hydrogens is 274 g/mol. The number of unbranched alkanes of at least 4 members (excludes halogenated alkanes) is 3. The summed E-state index contributed by atoms with van der Waals surface area (Å²) in [6.45, 7) is 2.13. The first-order valence-electron chi connectivity index (χ1n) is 7.38. The highest BCUT2D eigenvalue weighted by molar-refractivity contribution is 6.41. The van der Waals surface area contributed by atoms with E-state index in [4.69, 9.17) is 5.11 Å². The van der Waals surface area contributed by atoms with E-state index in [0.717, 1.165) is 19.3 Å². The number of quaternary nitrogens is 1. The fourth-order valence-corrected chi connectivity index (χ4v) is 2.13. The molecule has 6 nitrogen and oxygen atoms in total. The molecule has 0 amide bonds. The highest BCUT2D eigenvalue weighted by Crippen LogP contribution is 2.13. The van der Waals surface area contributed by atoms with Crippen molar-refractivity contribution >= 4 is 17.5 Å². The van der Waals surface area contributed by atoms with Gasteiger partial charge in [0.25, 0.3) is 0 Å². The molecule has 0 spiro atoms. The van der Waals surface area contributed by atoms with Crippen molar-refractivity contribution < 1.29 is 29.1 Å². The Morgan fingerprint density at radius 3 is 2.05 bits per heavy atom. The minimum absolute atomic E-state index is 0.0553. The molecule has 0 heterocycles. The van der Waals surface area contributed by atoms with Gasteiger partial charge in [-0.2, -0.15) is 0 Å². The van der Waals surface area contributed by atoms with E-state index in [-0.39, 0.29) is 13.0 Å². The van der Waals surface area contributed by atoms with Crippen LogP contribution in [0.5, 0.6) is 0 Å². The molecule has 0 aliphatic carbocycles. The number of nitrogens with zero attached hydrogens (tertiary/aromatic N) is 1. The minimum atomic E-state index is -1.67. The van der Waals surface area contributed by atoms with E-state index in [9.17, 15) is 19.5 Å². The summed E-state index contributed by atoms with van der Waals surface area (Å²) in [7, 11) is 5.33. The van der Waals surface area contributed by atoms with Gasteiger partial charge in [0.05, 0.1) is 21.1 Å². The fourth-order valence-electron chi connectivity index (χ4n) is 2.13. The molecule has 0 rings (SSSR count). The molecule has 0 aromatic heterocycles. The maximum Gasteiger partial charge on any atom is 0.317 e. The van der Waals surface area contributed by atoms with Gasteiger partial charge < -0.3 is 14.7 Å². The first-order chi connectivity index (χ1) is 9.60. The molecule has 0 aromatic rings. The number of likely N-dealkylation sites (N-methyl/N-ethyl adjacent to an activating group) is 1. The highest BCUT2D eigenvalue weighted by atomic mass is 16.4. The van der Waals surface area contributed by atoms with E-state index in [0.29, 0.717) is 10.9 Å². The summed E-state index contributed by atoms with van der Waals surface area (Å²) >= 11 is 0. The van der Waals surface area contributed by atoms with Gasteiger partial charge in [-0.05, 0) is 6.42 Å². The topological polar surface area (TPSA) is 91.7 Å². The molecule has 2 atom stereocenters. The molecule has 2 N–H and O–H groups in total. The van der Waals surface area contributed by atoms with Crippen LogP contribution in [0, 0.1) is 5.92 Å². The molecule has 0 aromatic carbocycles. The van der Waals surface area contributed by atoms with Crippen LogP contribution in [0.1, 0.15) is 39.0 Å². The Morgan fingerprint density at radius 2 is 1.62 bits per heavy atom. The maximum atomic E-state index is 12.0. The number of hydrogen-bond donors (Lipinski definition) is 2. The number of carboxylic acids is 1. The van der Waals surface area contributed by atoms with E-state index >= 15 is 0 Å². The number of aliphatic hydroxyl groups is 1. The van der Waals surface area contributed by atoms with Crippen LogP contribution in [-0.4, -0.2) is 66.0 Å². The number of aliphatic hydroxyl groups excluding tert-OH is 1. The Morgan fingerprint density at radius 1 is 1.05 bits per heavy atom. The lowest BCUT2D eigenvalue weighted by molar-refractivity contribution is -0.873. The van der Waals surface area contributed by atoms with Crippen molar-refractivity contribution in [3.8, 4) is 0 Å². The lowest BCUT2D eigenvalue weighted by atomic mass is 9.92. The number of ketones is 2. The molecule has 0 aliphatic heterocycles. The van der Waals surface area contributed by atoms with Gasteiger partial charge in [-0.1, -0.05) is 26.2 Å². The molecule has 21 heavy (non-hydrogen) atoms. The molecule has 0 aliphatic rings. The average molecular weight is 302 g/mol. The van der Waals surface area contributed by atoms with Crippen molar-refractivity contribution in [2.75, 3.05) is 27.7 Å². The number of carbonyl (C=O) groups excluding carboxylic acids is 2. The predicted molar refractivity (Wildman–Crippen MR) is 78.8 cm³/mol. The second-order valence-electron chi connectivity index (χ2n) is 6.45. The quantitative estimate of drug-likeness (QED) is 0.256. The Kier molecular flexibility index (Phi) is 8.36. The number of hydrogen-bond acceptors (Lipinski definition) is 4. The summed E-state index contributed by atoms with van der Waals surface area (Å²) in [5.41, 5.74) is 0. The minimum Gasteiger partial charge on any atom is -0.481 e. The van der Waals surface area contributed by atoms with Crippen LogP contribution >= 0.6 is 0 Å². The predicted octanol–water partition coefficient (Wildman–Crippen LogP) is 0.863. The molecular formula is C15H28NO5+. The first-order valence-corrected chi connectivity index (χ1v) is 7.38. The summed E-state index contributed by atoms with van der Waals surface area (Å²) in [5.74, 6) is -4.79. The van der Waals surface area contributed by atoms with E-state index in [1.54, 1.807) is 21.1 Å². The summed E-state index contributed by atoms with van der Waals surface area (Å²) in [4.78, 5) is 35.0. The summed E-state index contributed by atoms with van der Waals surface area (Å²) in [6.07, 6.45) is 2.11. The number of Topliss-reactive ketones (excluding diaryl/α,β-unsaturated/α-hetero) is 2. The van der Waals surface area contributed by atoms with Gasteiger partial charge in [0.15, 0.2) is 11.7 Å². The third-order valence-electron chi connectivity index (χ3n) is 3.20. The zero-order chi connectivity index (χ0) is 16.6. The fraction of sp³-hybridized carbons (Fsp3) is 0.800. The van der Waals surface area contributed by atoms with Gasteiger partial charge in [0, 0.05) is 6.42 Å². The zero-order valence-corrected chi connectivity index (χ0v) is 13.5. The van der Waals surface area contributed by atoms with E-state index in [2.05, 4.69) is 0 Å². The van der Waals surface area contributed by atoms with Crippen molar-refractivity contribution in [2.24, 2.45) is 5.92 Å². The van der Waals surface area contributed by atoms with Crippen molar-refractivity contribution in [3.63, 3.8) is 0 Å². The van der Waals surface area contributed by atoms with Crippen LogP contribution < -0.4 is 0 Å². The molecule has 0 fully saturated rings.